The minimum absolute atomic E-state index is 0.0232. The van der Waals surface area contributed by atoms with Gasteiger partial charge in [0.15, 0.2) is 0 Å². The third-order valence-corrected chi connectivity index (χ3v) is 5.52. The highest BCUT2D eigenvalue weighted by atomic mass is 79.9. The van der Waals surface area contributed by atoms with Crippen molar-refractivity contribution in [1.82, 2.24) is 0 Å². The fraction of sp³-hybridized carbons (Fsp3) is 0.500. The summed E-state index contributed by atoms with van der Waals surface area (Å²) in [5.74, 6) is -1.31. The zero-order valence-corrected chi connectivity index (χ0v) is 14.0. The SMILES string of the molecule is CCOP(=O)(OCC)[C@@H](N)c1cc(C(F)(F)F)ccc1Br. The Morgan fingerprint density at radius 3 is 2.24 bits per heavy atom. The van der Waals surface area contributed by atoms with Crippen molar-refractivity contribution in [3.63, 3.8) is 0 Å². The van der Waals surface area contributed by atoms with Gasteiger partial charge in [-0.1, -0.05) is 15.9 Å². The van der Waals surface area contributed by atoms with Crippen molar-refractivity contribution in [2.75, 3.05) is 13.2 Å². The molecular formula is C12H16BrF3NO3P. The number of halogens is 4. The largest absolute Gasteiger partial charge is 0.416 e. The number of nitrogens with two attached hydrogens (primary N) is 1. The second-order valence-corrected chi connectivity index (χ2v) is 7.06. The summed E-state index contributed by atoms with van der Waals surface area (Å²) in [4.78, 5) is 0. The molecule has 0 aliphatic heterocycles. The van der Waals surface area contributed by atoms with Crippen LogP contribution in [0.1, 0.15) is 30.8 Å². The van der Waals surface area contributed by atoms with Crippen LogP contribution >= 0.6 is 23.5 Å². The molecule has 0 amide bonds. The van der Waals surface area contributed by atoms with Crippen molar-refractivity contribution in [2.45, 2.75) is 25.8 Å². The van der Waals surface area contributed by atoms with Crippen LogP contribution in [0.3, 0.4) is 0 Å². The number of hydrogen-bond donors (Lipinski definition) is 1. The summed E-state index contributed by atoms with van der Waals surface area (Å²) in [5.41, 5.74) is 4.99. The Morgan fingerprint density at radius 1 is 1.29 bits per heavy atom. The lowest BCUT2D eigenvalue weighted by atomic mass is 10.1. The van der Waals surface area contributed by atoms with Crippen molar-refractivity contribution < 1.29 is 26.8 Å². The van der Waals surface area contributed by atoms with E-state index in [4.69, 9.17) is 14.8 Å². The topological polar surface area (TPSA) is 61.5 Å². The second kappa shape index (κ2) is 7.24. The van der Waals surface area contributed by atoms with Gasteiger partial charge in [0.1, 0.15) is 5.78 Å². The minimum Gasteiger partial charge on any atom is -0.314 e. The van der Waals surface area contributed by atoms with Crippen LogP contribution < -0.4 is 5.73 Å². The molecule has 0 aliphatic carbocycles. The van der Waals surface area contributed by atoms with Crippen LogP contribution in [0.2, 0.25) is 0 Å². The highest BCUT2D eigenvalue weighted by molar-refractivity contribution is 9.10. The first kappa shape index (κ1) is 18.6. The first-order valence-electron chi connectivity index (χ1n) is 6.16. The van der Waals surface area contributed by atoms with Gasteiger partial charge in [0.05, 0.1) is 18.8 Å². The summed E-state index contributed by atoms with van der Waals surface area (Å²) in [6.07, 6.45) is -4.52. The molecule has 0 saturated carbocycles. The van der Waals surface area contributed by atoms with Gasteiger partial charge in [0.2, 0.25) is 0 Å². The van der Waals surface area contributed by atoms with Gasteiger partial charge in [-0.05, 0) is 37.6 Å². The zero-order valence-electron chi connectivity index (χ0n) is 11.5. The predicted octanol–water partition coefficient (Wildman–Crippen LogP) is 4.69. The van der Waals surface area contributed by atoms with Gasteiger partial charge in [0.25, 0.3) is 0 Å². The summed E-state index contributed by atoms with van der Waals surface area (Å²) in [5, 5.41) is 0. The monoisotopic (exact) mass is 389 g/mol. The van der Waals surface area contributed by atoms with Crippen LogP contribution in [0.15, 0.2) is 22.7 Å². The summed E-state index contributed by atoms with van der Waals surface area (Å²) in [6, 6.07) is 2.96. The van der Waals surface area contributed by atoms with E-state index in [9.17, 15) is 17.7 Å². The fourth-order valence-corrected chi connectivity index (χ4v) is 4.01. The van der Waals surface area contributed by atoms with E-state index in [1.54, 1.807) is 13.8 Å². The van der Waals surface area contributed by atoms with Gasteiger partial charge in [-0.3, -0.25) is 4.57 Å². The lowest BCUT2D eigenvalue weighted by molar-refractivity contribution is -0.137. The number of hydrogen-bond acceptors (Lipinski definition) is 4. The molecule has 0 fully saturated rings. The molecule has 1 rings (SSSR count). The predicted molar refractivity (Wildman–Crippen MR) is 76.9 cm³/mol. The molecule has 4 nitrogen and oxygen atoms in total. The summed E-state index contributed by atoms with van der Waals surface area (Å²) in [6.45, 7) is 3.34. The average Bonchev–Trinajstić information content (AvgIpc) is 2.37. The third kappa shape index (κ3) is 4.53. The van der Waals surface area contributed by atoms with Gasteiger partial charge in [-0.25, -0.2) is 0 Å². The van der Waals surface area contributed by atoms with Gasteiger partial charge in [-0.2, -0.15) is 13.2 Å². The minimum atomic E-state index is -4.52. The van der Waals surface area contributed by atoms with E-state index >= 15 is 0 Å². The van der Waals surface area contributed by atoms with Crippen LogP contribution in [-0.2, 0) is 19.8 Å². The number of rotatable bonds is 6. The first-order chi connectivity index (χ1) is 9.65. The molecule has 1 aromatic rings. The summed E-state index contributed by atoms with van der Waals surface area (Å²) >= 11 is 3.11. The molecule has 0 heterocycles. The maximum atomic E-state index is 12.8. The van der Waals surface area contributed by atoms with Crippen LogP contribution in [-0.4, -0.2) is 13.2 Å². The van der Waals surface area contributed by atoms with E-state index in [1.807, 2.05) is 0 Å². The summed E-state index contributed by atoms with van der Waals surface area (Å²) in [7, 11) is -3.75. The molecule has 120 valence electrons. The summed E-state index contributed by atoms with van der Waals surface area (Å²) < 4.78 is 61.3. The Balaban J connectivity index is 3.27. The standard InChI is InChI=1S/C12H16BrF3NO3P/c1-3-19-21(18,20-4-2)11(17)9-7-8(12(14,15)16)5-6-10(9)13/h5-7,11H,3-4,17H2,1-2H3/t11-/m1/s1. The molecule has 0 radical (unpaired) electrons. The van der Waals surface area contributed by atoms with Crippen molar-refractivity contribution in [3.05, 3.63) is 33.8 Å². The van der Waals surface area contributed by atoms with Crippen LogP contribution in [0.4, 0.5) is 13.2 Å². The third-order valence-electron chi connectivity index (χ3n) is 2.60. The quantitative estimate of drug-likeness (QED) is 0.716. The van der Waals surface area contributed by atoms with E-state index in [0.29, 0.717) is 4.47 Å². The fourth-order valence-electron chi connectivity index (χ4n) is 1.67. The maximum absolute atomic E-state index is 12.8. The molecule has 9 heteroatoms. The molecule has 0 unspecified atom stereocenters. The number of alkyl halides is 3. The van der Waals surface area contributed by atoms with Crippen molar-refractivity contribution in [3.8, 4) is 0 Å². The lowest BCUT2D eigenvalue weighted by Crippen LogP contribution is -2.17. The Bertz CT molecular complexity index is 529. The lowest BCUT2D eigenvalue weighted by Gasteiger charge is -2.24. The van der Waals surface area contributed by atoms with E-state index in [2.05, 4.69) is 15.9 Å². The first-order valence-corrected chi connectivity index (χ1v) is 8.57. The molecule has 21 heavy (non-hydrogen) atoms. The normalized spacial score (nSPS) is 14.2. The molecule has 0 spiro atoms. The van der Waals surface area contributed by atoms with Crippen molar-refractivity contribution in [1.29, 1.82) is 0 Å². The van der Waals surface area contributed by atoms with Crippen LogP contribution in [0.5, 0.6) is 0 Å². The molecule has 0 saturated heterocycles. The van der Waals surface area contributed by atoms with Crippen molar-refractivity contribution in [2.24, 2.45) is 5.73 Å². The van der Waals surface area contributed by atoms with Gasteiger partial charge in [-0.15, -0.1) is 0 Å². The van der Waals surface area contributed by atoms with Crippen molar-refractivity contribution >= 4 is 23.5 Å². The maximum Gasteiger partial charge on any atom is 0.416 e. The van der Waals surface area contributed by atoms with Crippen LogP contribution in [0, 0.1) is 0 Å². The highest BCUT2D eigenvalue weighted by Crippen LogP contribution is 2.59. The van der Waals surface area contributed by atoms with E-state index in [-0.39, 0.29) is 18.8 Å². The van der Waals surface area contributed by atoms with E-state index in [0.717, 1.165) is 12.1 Å². The Kier molecular flexibility index (Phi) is 6.43. The van der Waals surface area contributed by atoms with Gasteiger partial charge >= 0.3 is 13.8 Å². The van der Waals surface area contributed by atoms with Gasteiger partial charge in [0, 0.05) is 4.47 Å². The van der Waals surface area contributed by atoms with Gasteiger partial charge < -0.3 is 14.8 Å². The zero-order chi connectivity index (χ0) is 16.3. The Labute approximate surface area is 129 Å². The molecule has 1 atom stereocenters. The van der Waals surface area contributed by atoms with E-state index in [1.165, 1.54) is 6.07 Å². The highest BCUT2D eigenvalue weighted by Gasteiger charge is 2.37. The molecule has 2 N–H and O–H groups in total. The molecule has 0 aliphatic rings. The average molecular weight is 390 g/mol. The number of benzene rings is 1. The van der Waals surface area contributed by atoms with E-state index < -0.39 is 25.1 Å². The smallest absolute Gasteiger partial charge is 0.314 e. The Hall–Kier alpha value is -0.400. The molecule has 0 bridgehead atoms. The molecular weight excluding hydrogens is 374 g/mol. The molecule has 1 aromatic carbocycles. The Morgan fingerprint density at radius 2 is 1.81 bits per heavy atom. The molecule has 0 aromatic heterocycles. The second-order valence-electron chi connectivity index (χ2n) is 4.05. The van der Waals surface area contributed by atoms with Crippen LogP contribution in [0.25, 0.3) is 0 Å².